The molecule has 254 valence electrons. The number of hydrogen-bond donors (Lipinski definition) is 1. The van der Waals surface area contributed by atoms with Gasteiger partial charge >= 0.3 is 0 Å². The van der Waals surface area contributed by atoms with Gasteiger partial charge in [0.25, 0.3) is 10.0 Å². The summed E-state index contributed by atoms with van der Waals surface area (Å²) in [5, 5.41) is 2.98. The van der Waals surface area contributed by atoms with E-state index in [1.54, 1.807) is 0 Å². The standard InChI is InChI=1S/C37H42FN3O6S/c1-26(2)23-39-37(43)33(21-28-12-7-6-8-13-28)40(24-29-14-10-9-11-27(29)3)36(42)25-41(31-17-15-30(38)16-18-31)48(44,45)32-19-20-34(46-4)35(22-32)47-5/h6-20,22,26,33H,21,23-25H2,1-5H3,(H,39,43)/t33-/m0/s1. The molecule has 0 aliphatic carbocycles. The lowest BCUT2D eigenvalue weighted by Crippen LogP contribution is -2.53. The number of aryl methyl sites for hydroxylation is 1. The van der Waals surface area contributed by atoms with E-state index in [1.807, 2.05) is 75.4 Å². The van der Waals surface area contributed by atoms with Gasteiger partial charge in [0.2, 0.25) is 11.8 Å². The van der Waals surface area contributed by atoms with Gasteiger partial charge in [0.15, 0.2) is 11.5 Å². The molecule has 0 aliphatic rings. The second-order valence-electron chi connectivity index (χ2n) is 11.8. The number of anilines is 1. The van der Waals surface area contributed by atoms with Crippen LogP contribution in [0.1, 0.15) is 30.5 Å². The molecular weight excluding hydrogens is 633 g/mol. The molecule has 2 amide bonds. The molecular formula is C37H42FN3O6S. The number of carbonyl (C=O) groups is 2. The van der Waals surface area contributed by atoms with E-state index in [0.29, 0.717) is 12.3 Å². The van der Waals surface area contributed by atoms with Gasteiger partial charge in [-0.2, -0.15) is 0 Å². The number of halogens is 1. The molecule has 0 fully saturated rings. The van der Waals surface area contributed by atoms with Crippen LogP contribution < -0.4 is 19.1 Å². The van der Waals surface area contributed by atoms with Gasteiger partial charge < -0.3 is 19.7 Å². The van der Waals surface area contributed by atoms with Crippen LogP contribution in [0.2, 0.25) is 0 Å². The Morgan fingerprint density at radius 3 is 2.12 bits per heavy atom. The van der Waals surface area contributed by atoms with Crippen molar-refractivity contribution in [2.45, 2.75) is 44.7 Å². The normalized spacial score (nSPS) is 11.9. The lowest BCUT2D eigenvalue weighted by atomic mass is 10.0. The minimum Gasteiger partial charge on any atom is -0.493 e. The van der Waals surface area contributed by atoms with Crippen LogP contribution in [0.5, 0.6) is 11.5 Å². The first-order chi connectivity index (χ1) is 22.9. The lowest BCUT2D eigenvalue weighted by Gasteiger charge is -2.34. The summed E-state index contributed by atoms with van der Waals surface area (Å²) in [6.07, 6.45) is 0.196. The molecule has 0 aromatic heterocycles. The van der Waals surface area contributed by atoms with Gasteiger partial charge in [0, 0.05) is 25.6 Å². The maximum Gasteiger partial charge on any atom is 0.264 e. The molecule has 0 aliphatic heterocycles. The number of rotatable bonds is 15. The molecule has 0 unspecified atom stereocenters. The van der Waals surface area contributed by atoms with Crippen LogP contribution in [0, 0.1) is 18.7 Å². The highest BCUT2D eigenvalue weighted by Crippen LogP contribution is 2.32. The number of nitrogens with zero attached hydrogens (tertiary/aromatic N) is 2. The van der Waals surface area contributed by atoms with Gasteiger partial charge in [-0.25, -0.2) is 12.8 Å². The maximum absolute atomic E-state index is 14.6. The highest BCUT2D eigenvalue weighted by Gasteiger charge is 2.35. The van der Waals surface area contributed by atoms with Crippen LogP contribution >= 0.6 is 0 Å². The van der Waals surface area contributed by atoms with Crippen molar-refractivity contribution in [2.24, 2.45) is 5.92 Å². The third-order valence-corrected chi connectivity index (χ3v) is 9.66. The van der Waals surface area contributed by atoms with E-state index in [1.165, 1.54) is 49.5 Å². The molecule has 1 atom stereocenters. The first-order valence-corrected chi connectivity index (χ1v) is 17.0. The lowest BCUT2D eigenvalue weighted by molar-refractivity contribution is -0.140. The van der Waals surface area contributed by atoms with E-state index < -0.39 is 34.3 Å². The zero-order valence-corrected chi connectivity index (χ0v) is 28.7. The second kappa shape index (κ2) is 16.3. The zero-order chi connectivity index (χ0) is 34.8. The molecule has 0 radical (unpaired) electrons. The van der Waals surface area contributed by atoms with E-state index in [4.69, 9.17) is 9.47 Å². The summed E-state index contributed by atoms with van der Waals surface area (Å²) in [5.74, 6) is -0.888. The number of amides is 2. The van der Waals surface area contributed by atoms with Crippen LogP contribution in [-0.2, 0) is 32.6 Å². The highest BCUT2D eigenvalue weighted by atomic mass is 32.2. The smallest absolute Gasteiger partial charge is 0.264 e. The number of hydrogen-bond acceptors (Lipinski definition) is 6. The molecule has 1 N–H and O–H groups in total. The van der Waals surface area contributed by atoms with Crippen LogP contribution in [0.4, 0.5) is 10.1 Å². The second-order valence-corrected chi connectivity index (χ2v) is 13.7. The molecule has 4 aromatic rings. The van der Waals surface area contributed by atoms with Crippen molar-refractivity contribution in [3.05, 3.63) is 120 Å². The quantitative estimate of drug-likeness (QED) is 0.172. The first kappa shape index (κ1) is 35.9. The number of carbonyl (C=O) groups excluding carboxylic acids is 2. The summed E-state index contributed by atoms with van der Waals surface area (Å²) >= 11 is 0. The molecule has 4 rings (SSSR count). The maximum atomic E-state index is 14.6. The Hall–Kier alpha value is -4.90. The predicted octanol–water partition coefficient (Wildman–Crippen LogP) is 5.76. The molecule has 0 saturated heterocycles. The van der Waals surface area contributed by atoms with Gasteiger partial charge in [-0.3, -0.25) is 13.9 Å². The van der Waals surface area contributed by atoms with Crippen molar-refractivity contribution in [1.29, 1.82) is 0 Å². The van der Waals surface area contributed by atoms with Crippen LogP contribution in [0.15, 0.2) is 102 Å². The van der Waals surface area contributed by atoms with Crippen molar-refractivity contribution >= 4 is 27.5 Å². The van der Waals surface area contributed by atoms with Crippen molar-refractivity contribution in [1.82, 2.24) is 10.2 Å². The number of benzene rings is 4. The minimum atomic E-state index is -4.43. The summed E-state index contributed by atoms with van der Waals surface area (Å²) in [4.78, 5) is 29.8. The first-order valence-electron chi connectivity index (χ1n) is 15.6. The Morgan fingerprint density at radius 1 is 0.854 bits per heavy atom. The van der Waals surface area contributed by atoms with Crippen molar-refractivity contribution in [3.63, 3.8) is 0 Å². The number of sulfonamides is 1. The monoisotopic (exact) mass is 675 g/mol. The third-order valence-electron chi connectivity index (χ3n) is 7.89. The van der Waals surface area contributed by atoms with Crippen LogP contribution in [-0.4, -0.2) is 58.5 Å². The van der Waals surface area contributed by atoms with E-state index in [0.717, 1.165) is 33.1 Å². The van der Waals surface area contributed by atoms with E-state index in [2.05, 4.69) is 5.32 Å². The molecule has 0 spiro atoms. The fraction of sp³-hybridized carbons (Fsp3) is 0.297. The Labute approximate surface area is 282 Å². The minimum absolute atomic E-state index is 0.0474. The average Bonchev–Trinajstić information content (AvgIpc) is 3.08. The summed E-state index contributed by atoms with van der Waals surface area (Å²) in [6, 6.07) is 24.8. The summed E-state index contributed by atoms with van der Waals surface area (Å²) in [7, 11) is -1.62. The predicted molar refractivity (Wildman–Crippen MR) is 184 cm³/mol. The fourth-order valence-corrected chi connectivity index (χ4v) is 6.62. The van der Waals surface area contributed by atoms with Gasteiger partial charge in [-0.15, -0.1) is 0 Å². The van der Waals surface area contributed by atoms with Crippen molar-refractivity contribution in [2.75, 3.05) is 31.6 Å². The Kier molecular flexibility index (Phi) is 12.2. The fourth-order valence-electron chi connectivity index (χ4n) is 5.19. The van der Waals surface area contributed by atoms with Crippen LogP contribution in [0.25, 0.3) is 0 Å². The summed E-state index contributed by atoms with van der Waals surface area (Å²) in [5.41, 5.74) is 2.61. The third kappa shape index (κ3) is 8.92. The Bertz CT molecular complexity index is 1800. The van der Waals surface area contributed by atoms with Gasteiger partial charge in [0.1, 0.15) is 18.4 Å². The molecule has 48 heavy (non-hydrogen) atoms. The number of nitrogens with one attached hydrogen (secondary N) is 1. The Balaban J connectivity index is 1.83. The summed E-state index contributed by atoms with van der Waals surface area (Å²) < 4.78 is 54.2. The average molecular weight is 676 g/mol. The number of methoxy groups -OCH3 is 2. The molecule has 9 nitrogen and oxygen atoms in total. The van der Waals surface area contributed by atoms with Gasteiger partial charge in [-0.1, -0.05) is 68.4 Å². The zero-order valence-electron chi connectivity index (χ0n) is 27.9. The number of ether oxygens (including phenoxy) is 2. The van der Waals surface area contributed by atoms with E-state index in [-0.39, 0.29) is 41.1 Å². The highest BCUT2D eigenvalue weighted by molar-refractivity contribution is 7.92. The van der Waals surface area contributed by atoms with Gasteiger partial charge in [-0.05, 0) is 65.9 Å². The molecule has 0 saturated carbocycles. The summed E-state index contributed by atoms with van der Waals surface area (Å²) in [6.45, 7) is 5.63. The van der Waals surface area contributed by atoms with E-state index >= 15 is 0 Å². The molecule has 4 aromatic carbocycles. The topological polar surface area (TPSA) is 105 Å². The molecule has 0 bridgehead atoms. The largest absolute Gasteiger partial charge is 0.493 e. The van der Waals surface area contributed by atoms with Crippen molar-refractivity contribution in [3.8, 4) is 11.5 Å². The van der Waals surface area contributed by atoms with E-state index in [9.17, 15) is 22.4 Å². The van der Waals surface area contributed by atoms with Gasteiger partial charge in [0.05, 0.1) is 24.8 Å². The molecule has 11 heteroatoms. The van der Waals surface area contributed by atoms with Crippen LogP contribution in [0.3, 0.4) is 0 Å². The SMILES string of the molecule is COc1ccc(S(=O)(=O)N(CC(=O)N(Cc2ccccc2C)[C@@H](Cc2ccccc2)C(=O)NCC(C)C)c2ccc(F)cc2)cc1OC. The van der Waals surface area contributed by atoms with Crippen molar-refractivity contribution < 1.29 is 31.9 Å². The molecule has 0 heterocycles. The Morgan fingerprint density at radius 2 is 1.50 bits per heavy atom.